The van der Waals surface area contributed by atoms with Crippen LogP contribution in [-0.2, 0) is 16.1 Å². The summed E-state index contributed by atoms with van der Waals surface area (Å²) in [5, 5.41) is 17.9. The zero-order chi connectivity index (χ0) is 15.0. The van der Waals surface area contributed by atoms with E-state index in [9.17, 15) is 9.59 Å². The lowest BCUT2D eigenvalue weighted by molar-refractivity contribution is -0.139. The van der Waals surface area contributed by atoms with E-state index in [1.54, 1.807) is 10.9 Å². The third-order valence-electron chi connectivity index (χ3n) is 2.61. The summed E-state index contributed by atoms with van der Waals surface area (Å²) in [7, 11) is 1.41. The van der Waals surface area contributed by atoms with Gasteiger partial charge in [-0.25, -0.2) is 4.79 Å². The second-order valence-electron chi connectivity index (χ2n) is 4.37. The van der Waals surface area contributed by atoms with Crippen LogP contribution in [0.2, 0.25) is 0 Å². The van der Waals surface area contributed by atoms with Crippen molar-refractivity contribution in [3.8, 4) is 0 Å². The molecular weight excluding hydrogens is 264 g/mol. The van der Waals surface area contributed by atoms with Crippen LogP contribution in [0.5, 0.6) is 0 Å². The Hall–Kier alpha value is -2.09. The molecule has 0 aromatic carbocycles. The number of carbonyl (C=O) groups excluding carboxylic acids is 1. The van der Waals surface area contributed by atoms with Crippen molar-refractivity contribution < 1.29 is 19.4 Å². The number of ether oxygens (including phenoxy) is 1. The molecule has 0 radical (unpaired) electrons. The van der Waals surface area contributed by atoms with Crippen molar-refractivity contribution in [3.05, 3.63) is 18.0 Å². The van der Waals surface area contributed by atoms with E-state index < -0.39 is 12.1 Å². The van der Waals surface area contributed by atoms with Gasteiger partial charge < -0.3 is 20.5 Å². The maximum Gasteiger partial charge on any atom is 0.314 e. The molecule has 0 aliphatic rings. The average molecular weight is 284 g/mol. The van der Waals surface area contributed by atoms with Crippen LogP contribution in [0.1, 0.15) is 12.0 Å². The van der Waals surface area contributed by atoms with Crippen molar-refractivity contribution in [3.63, 3.8) is 0 Å². The van der Waals surface area contributed by atoms with Crippen LogP contribution in [0, 0.1) is 6.92 Å². The number of carboxylic acid groups (broad SMARTS) is 1. The highest BCUT2D eigenvalue weighted by molar-refractivity contribution is 5.74. The number of aromatic nitrogens is 2. The van der Waals surface area contributed by atoms with Gasteiger partial charge in [-0.05, 0) is 12.5 Å². The van der Waals surface area contributed by atoms with Crippen LogP contribution in [0.3, 0.4) is 0 Å². The van der Waals surface area contributed by atoms with E-state index in [4.69, 9.17) is 9.84 Å². The van der Waals surface area contributed by atoms with Crippen LogP contribution in [0.4, 0.5) is 4.79 Å². The SMILES string of the molecule is COC(CNC(=O)NCCn1cc(C)cn1)CC(=O)O. The van der Waals surface area contributed by atoms with Crippen LogP contribution in [0.25, 0.3) is 0 Å². The molecule has 0 fully saturated rings. The van der Waals surface area contributed by atoms with Crippen molar-refractivity contribution in [1.29, 1.82) is 0 Å². The Balaban J connectivity index is 2.18. The maximum atomic E-state index is 11.5. The highest BCUT2D eigenvalue weighted by atomic mass is 16.5. The van der Waals surface area contributed by atoms with Gasteiger partial charge in [0.25, 0.3) is 0 Å². The second kappa shape index (κ2) is 8.16. The van der Waals surface area contributed by atoms with Gasteiger partial charge in [0.2, 0.25) is 0 Å². The number of methoxy groups -OCH3 is 1. The standard InChI is InChI=1S/C12H20N4O4/c1-9-6-15-16(8-9)4-3-13-12(19)14-7-10(20-2)5-11(17)18/h6,8,10H,3-5,7H2,1-2H3,(H,17,18)(H2,13,14,19). The zero-order valence-electron chi connectivity index (χ0n) is 11.6. The molecule has 0 spiro atoms. The summed E-state index contributed by atoms with van der Waals surface area (Å²) in [6.07, 6.45) is 2.94. The van der Waals surface area contributed by atoms with Gasteiger partial charge >= 0.3 is 12.0 Å². The van der Waals surface area contributed by atoms with Crippen LogP contribution in [0.15, 0.2) is 12.4 Å². The molecule has 8 nitrogen and oxygen atoms in total. The van der Waals surface area contributed by atoms with Gasteiger partial charge in [-0.1, -0.05) is 0 Å². The van der Waals surface area contributed by atoms with E-state index in [0.29, 0.717) is 13.1 Å². The Labute approximate surface area is 117 Å². The van der Waals surface area contributed by atoms with Crippen molar-refractivity contribution in [2.75, 3.05) is 20.2 Å². The van der Waals surface area contributed by atoms with Gasteiger partial charge in [0.1, 0.15) is 0 Å². The summed E-state index contributed by atoms with van der Waals surface area (Å²) in [6, 6.07) is -0.360. The van der Waals surface area contributed by atoms with E-state index in [2.05, 4.69) is 15.7 Å². The molecule has 0 saturated carbocycles. The summed E-state index contributed by atoms with van der Waals surface area (Å²) in [5.41, 5.74) is 1.06. The molecule has 1 atom stereocenters. The first kappa shape index (κ1) is 16.0. The molecular formula is C12H20N4O4. The van der Waals surface area contributed by atoms with Gasteiger partial charge in [-0.3, -0.25) is 9.48 Å². The lowest BCUT2D eigenvalue weighted by Crippen LogP contribution is -2.41. The van der Waals surface area contributed by atoms with Gasteiger partial charge in [-0.2, -0.15) is 5.10 Å². The van der Waals surface area contributed by atoms with Crippen molar-refractivity contribution >= 4 is 12.0 Å². The van der Waals surface area contributed by atoms with Gasteiger partial charge in [0.05, 0.1) is 25.3 Å². The highest BCUT2D eigenvalue weighted by Gasteiger charge is 2.13. The van der Waals surface area contributed by atoms with Gasteiger partial charge in [0.15, 0.2) is 0 Å². The Morgan fingerprint density at radius 3 is 2.80 bits per heavy atom. The van der Waals surface area contributed by atoms with E-state index >= 15 is 0 Å². The van der Waals surface area contributed by atoms with E-state index in [1.807, 2.05) is 13.1 Å². The lowest BCUT2D eigenvalue weighted by atomic mass is 10.2. The van der Waals surface area contributed by atoms with Crippen molar-refractivity contribution in [2.45, 2.75) is 26.0 Å². The fourth-order valence-electron chi connectivity index (χ4n) is 1.58. The smallest absolute Gasteiger partial charge is 0.314 e. The predicted octanol–water partition coefficient (Wildman–Crippen LogP) is -0.0196. The maximum absolute atomic E-state index is 11.5. The molecule has 0 aliphatic heterocycles. The molecule has 1 unspecified atom stereocenters. The van der Waals surface area contributed by atoms with Crippen LogP contribution < -0.4 is 10.6 Å². The number of nitrogens with one attached hydrogen (secondary N) is 2. The molecule has 3 N–H and O–H groups in total. The summed E-state index contributed by atoms with van der Waals surface area (Å²) in [4.78, 5) is 22.0. The normalized spacial score (nSPS) is 11.9. The molecule has 8 heteroatoms. The predicted molar refractivity (Wildman–Crippen MR) is 71.4 cm³/mol. The van der Waals surface area contributed by atoms with Crippen LogP contribution in [-0.4, -0.2) is 53.2 Å². The summed E-state index contributed by atoms with van der Waals surface area (Å²) < 4.78 is 6.68. The number of aliphatic carboxylic acids is 1. The van der Waals surface area contributed by atoms with Crippen molar-refractivity contribution in [1.82, 2.24) is 20.4 Å². The lowest BCUT2D eigenvalue weighted by Gasteiger charge is -2.14. The molecule has 1 aromatic heterocycles. The number of carboxylic acids is 1. The summed E-state index contributed by atoms with van der Waals surface area (Å²) >= 11 is 0. The number of rotatable bonds is 8. The minimum Gasteiger partial charge on any atom is -0.481 e. The largest absolute Gasteiger partial charge is 0.481 e. The van der Waals surface area contributed by atoms with Crippen LogP contribution >= 0.6 is 0 Å². The molecule has 1 aromatic rings. The first-order chi connectivity index (χ1) is 9.51. The van der Waals surface area contributed by atoms with E-state index in [-0.39, 0.29) is 19.0 Å². The Kier molecular flexibility index (Phi) is 6.51. The first-order valence-corrected chi connectivity index (χ1v) is 6.26. The molecule has 0 aliphatic carbocycles. The highest BCUT2D eigenvalue weighted by Crippen LogP contribution is 1.95. The quantitative estimate of drug-likeness (QED) is 0.622. The third-order valence-corrected chi connectivity index (χ3v) is 2.61. The Bertz CT molecular complexity index is 446. The number of amides is 2. The topological polar surface area (TPSA) is 105 Å². The van der Waals surface area contributed by atoms with Gasteiger partial charge in [0, 0.05) is 26.4 Å². The number of nitrogens with zero attached hydrogens (tertiary/aromatic N) is 2. The fraction of sp³-hybridized carbons (Fsp3) is 0.583. The number of carbonyl (C=O) groups is 2. The zero-order valence-corrected chi connectivity index (χ0v) is 11.6. The number of urea groups is 1. The molecule has 112 valence electrons. The molecule has 20 heavy (non-hydrogen) atoms. The molecule has 0 bridgehead atoms. The second-order valence-corrected chi connectivity index (χ2v) is 4.37. The Morgan fingerprint density at radius 1 is 1.50 bits per heavy atom. The Morgan fingerprint density at radius 2 is 2.25 bits per heavy atom. The molecule has 1 heterocycles. The number of aryl methyl sites for hydroxylation is 1. The number of hydrogen-bond donors (Lipinski definition) is 3. The monoisotopic (exact) mass is 284 g/mol. The average Bonchev–Trinajstić information content (AvgIpc) is 2.80. The molecule has 1 rings (SSSR count). The molecule has 2 amide bonds. The van der Waals surface area contributed by atoms with Crippen molar-refractivity contribution in [2.24, 2.45) is 0 Å². The third kappa shape index (κ3) is 6.19. The number of hydrogen-bond acceptors (Lipinski definition) is 4. The summed E-state index contributed by atoms with van der Waals surface area (Å²) in [6.45, 7) is 3.10. The van der Waals surface area contributed by atoms with Gasteiger partial charge in [-0.15, -0.1) is 0 Å². The van der Waals surface area contributed by atoms with E-state index in [1.165, 1.54) is 7.11 Å². The fourth-order valence-corrected chi connectivity index (χ4v) is 1.58. The first-order valence-electron chi connectivity index (χ1n) is 6.26. The summed E-state index contributed by atoms with van der Waals surface area (Å²) in [5.74, 6) is -0.965. The molecule has 0 saturated heterocycles. The minimum atomic E-state index is -0.965. The van der Waals surface area contributed by atoms with E-state index in [0.717, 1.165) is 5.56 Å². The minimum absolute atomic E-state index is 0.148.